The number of rotatable bonds is 4. The molecule has 1 fully saturated rings. The van der Waals surface area contributed by atoms with Gasteiger partial charge in [0.15, 0.2) is 0 Å². The van der Waals surface area contributed by atoms with Crippen molar-refractivity contribution in [1.29, 1.82) is 0 Å². The summed E-state index contributed by atoms with van der Waals surface area (Å²) in [7, 11) is 3.88. The zero-order valence-electron chi connectivity index (χ0n) is 18.4. The Bertz CT molecular complexity index is 1190. The van der Waals surface area contributed by atoms with Crippen molar-refractivity contribution in [2.24, 2.45) is 0 Å². The van der Waals surface area contributed by atoms with Crippen molar-refractivity contribution in [3.8, 4) is 0 Å². The monoisotopic (exact) mass is 440 g/mol. The normalized spacial score (nSPS) is 16.0. The molecule has 0 aliphatic carbocycles. The average Bonchev–Trinajstić information content (AvgIpc) is 3.04. The van der Waals surface area contributed by atoms with Crippen molar-refractivity contribution < 1.29 is 9.90 Å². The third kappa shape index (κ3) is 4.09. The minimum Gasteiger partial charge on any atom is -0.388 e. The van der Waals surface area contributed by atoms with Crippen LogP contribution in [0.1, 0.15) is 33.6 Å². The molecule has 0 unspecified atom stereocenters. The Hall–Kier alpha value is -2.71. The van der Waals surface area contributed by atoms with E-state index < -0.39 is 5.60 Å². The number of nitrogens with zero attached hydrogens (tertiary/aromatic N) is 4. The molecule has 0 spiro atoms. The first-order chi connectivity index (χ1) is 14.7. The second-order valence-electron chi connectivity index (χ2n) is 8.60. The van der Waals surface area contributed by atoms with E-state index in [1.165, 1.54) is 22.2 Å². The van der Waals surface area contributed by atoms with Gasteiger partial charge in [0, 0.05) is 43.3 Å². The molecule has 1 N–H and O–H groups in total. The minimum atomic E-state index is -1.04. The quantitative estimate of drug-likeness (QED) is 0.675. The van der Waals surface area contributed by atoms with Gasteiger partial charge in [-0.3, -0.25) is 14.2 Å². The van der Waals surface area contributed by atoms with Gasteiger partial charge in [0.05, 0.1) is 23.9 Å². The molecule has 0 atom stereocenters. The molecule has 1 aliphatic rings. The Balaban J connectivity index is 1.48. The fourth-order valence-corrected chi connectivity index (χ4v) is 5.07. The van der Waals surface area contributed by atoms with E-state index in [-0.39, 0.29) is 18.0 Å². The fourth-order valence-electron chi connectivity index (χ4n) is 4.08. The van der Waals surface area contributed by atoms with Gasteiger partial charge < -0.3 is 14.9 Å². The second-order valence-corrected chi connectivity index (χ2v) is 9.81. The van der Waals surface area contributed by atoms with Crippen LogP contribution in [0, 0.1) is 13.8 Å². The van der Waals surface area contributed by atoms with Gasteiger partial charge in [0.1, 0.15) is 4.83 Å². The van der Waals surface area contributed by atoms with Crippen LogP contribution >= 0.6 is 11.3 Å². The molecule has 2 aromatic heterocycles. The van der Waals surface area contributed by atoms with Crippen LogP contribution in [-0.4, -0.2) is 58.3 Å². The van der Waals surface area contributed by atoms with Crippen LogP contribution in [0.2, 0.25) is 0 Å². The Morgan fingerprint density at radius 3 is 2.65 bits per heavy atom. The molecule has 1 amide bonds. The number of carbonyl (C=O) groups excluding carboxylic acids is 1. The number of aryl methyl sites for hydroxylation is 2. The van der Waals surface area contributed by atoms with Crippen molar-refractivity contribution >= 4 is 33.1 Å². The molecule has 1 saturated heterocycles. The van der Waals surface area contributed by atoms with E-state index in [0.29, 0.717) is 36.9 Å². The first-order valence-corrected chi connectivity index (χ1v) is 11.2. The molecule has 0 radical (unpaired) electrons. The van der Waals surface area contributed by atoms with Crippen LogP contribution in [-0.2, 0) is 6.54 Å². The Kier molecular flexibility index (Phi) is 5.61. The van der Waals surface area contributed by atoms with E-state index >= 15 is 0 Å². The summed E-state index contributed by atoms with van der Waals surface area (Å²) in [6.07, 6.45) is 2.36. The van der Waals surface area contributed by atoms with Gasteiger partial charge in [0.25, 0.3) is 11.5 Å². The number of carbonyl (C=O) groups is 1. The number of piperidine rings is 1. The van der Waals surface area contributed by atoms with Crippen LogP contribution in [0.25, 0.3) is 10.2 Å². The van der Waals surface area contributed by atoms with E-state index in [1.807, 2.05) is 57.1 Å². The molecule has 164 valence electrons. The van der Waals surface area contributed by atoms with Gasteiger partial charge in [-0.25, -0.2) is 4.98 Å². The van der Waals surface area contributed by atoms with Crippen molar-refractivity contribution in [2.45, 2.75) is 38.8 Å². The number of likely N-dealkylation sites (tertiary alicyclic amines) is 1. The molecule has 1 aliphatic heterocycles. The summed E-state index contributed by atoms with van der Waals surface area (Å²) < 4.78 is 1.51. The largest absolute Gasteiger partial charge is 0.388 e. The van der Waals surface area contributed by atoms with Crippen molar-refractivity contribution in [3.05, 3.63) is 57.0 Å². The third-order valence-electron chi connectivity index (χ3n) is 6.21. The molecule has 1 aromatic carbocycles. The lowest BCUT2D eigenvalue weighted by molar-refractivity contribution is -0.0299. The molecule has 7 nitrogen and oxygen atoms in total. The van der Waals surface area contributed by atoms with Gasteiger partial charge in [0.2, 0.25) is 0 Å². The van der Waals surface area contributed by atoms with E-state index in [2.05, 4.69) is 4.98 Å². The summed E-state index contributed by atoms with van der Waals surface area (Å²) in [5, 5.41) is 11.8. The van der Waals surface area contributed by atoms with Crippen LogP contribution in [0.3, 0.4) is 0 Å². The number of hydrogen-bond donors (Lipinski definition) is 1. The fraction of sp³-hybridized carbons (Fsp3) is 0.435. The molecule has 3 heterocycles. The van der Waals surface area contributed by atoms with Crippen LogP contribution < -0.4 is 10.5 Å². The van der Waals surface area contributed by atoms with Crippen molar-refractivity contribution in [2.75, 3.05) is 32.1 Å². The van der Waals surface area contributed by atoms with E-state index in [0.717, 1.165) is 21.0 Å². The molecule has 4 rings (SSSR count). The van der Waals surface area contributed by atoms with Crippen molar-refractivity contribution in [1.82, 2.24) is 14.5 Å². The zero-order valence-corrected chi connectivity index (χ0v) is 19.2. The van der Waals surface area contributed by atoms with Crippen LogP contribution in [0.4, 0.5) is 5.69 Å². The number of anilines is 1. The first-order valence-electron chi connectivity index (χ1n) is 10.4. The number of benzene rings is 1. The van der Waals surface area contributed by atoms with Gasteiger partial charge in [-0.15, -0.1) is 11.3 Å². The summed E-state index contributed by atoms with van der Waals surface area (Å²) in [5.41, 5.74) is 1.42. The number of hydrogen-bond acceptors (Lipinski definition) is 6. The number of aliphatic hydroxyl groups is 1. The lowest BCUT2D eigenvalue weighted by Gasteiger charge is -2.38. The number of thiophene rings is 1. The minimum absolute atomic E-state index is 0.0321. The molecular weight excluding hydrogens is 412 g/mol. The Morgan fingerprint density at radius 1 is 1.26 bits per heavy atom. The number of aromatic nitrogens is 2. The van der Waals surface area contributed by atoms with Crippen LogP contribution in [0.5, 0.6) is 0 Å². The summed E-state index contributed by atoms with van der Waals surface area (Å²) in [6, 6.07) is 7.55. The first kappa shape index (κ1) is 21.5. The summed E-state index contributed by atoms with van der Waals surface area (Å²) in [4.78, 5) is 35.9. The van der Waals surface area contributed by atoms with E-state index in [4.69, 9.17) is 0 Å². The number of amides is 1. The molecule has 0 saturated carbocycles. The van der Waals surface area contributed by atoms with Gasteiger partial charge in [-0.1, -0.05) is 6.07 Å². The molecule has 31 heavy (non-hydrogen) atoms. The maximum Gasteiger partial charge on any atom is 0.262 e. The highest BCUT2D eigenvalue weighted by Crippen LogP contribution is 2.28. The Morgan fingerprint density at radius 2 is 1.97 bits per heavy atom. The summed E-state index contributed by atoms with van der Waals surface area (Å²) in [5.74, 6) is -0.0321. The second kappa shape index (κ2) is 8.09. The lowest BCUT2D eigenvalue weighted by atomic mass is 9.91. The molecule has 0 bridgehead atoms. The van der Waals surface area contributed by atoms with Gasteiger partial charge in [-0.05, 0) is 50.5 Å². The third-order valence-corrected chi connectivity index (χ3v) is 7.33. The maximum absolute atomic E-state index is 13.0. The van der Waals surface area contributed by atoms with Gasteiger partial charge >= 0.3 is 0 Å². The molecule has 3 aromatic rings. The van der Waals surface area contributed by atoms with E-state index in [9.17, 15) is 14.7 Å². The molecule has 8 heteroatoms. The van der Waals surface area contributed by atoms with Crippen LogP contribution in [0.15, 0.2) is 35.4 Å². The highest BCUT2D eigenvalue weighted by molar-refractivity contribution is 7.18. The SMILES string of the molecule is Cc1sc2ncn(CC3(O)CCN(C(=O)c4cccc(N(C)C)c4)CC3)c(=O)c2c1C. The van der Waals surface area contributed by atoms with E-state index in [1.54, 1.807) is 4.90 Å². The highest BCUT2D eigenvalue weighted by atomic mass is 32.1. The summed E-state index contributed by atoms with van der Waals surface area (Å²) >= 11 is 1.52. The lowest BCUT2D eigenvalue weighted by Crippen LogP contribution is -2.49. The topological polar surface area (TPSA) is 78.7 Å². The highest BCUT2D eigenvalue weighted by Gasteiger charge is 2.35. The zero-order chi connectivity index (χ0) is 22.3. The predicted molar refractivity (Wildman–Crippen MR) is 124 cm³/mol. The maximum atomic E-state index is 13.0. The Labute approximate surface area is 185 Å². The standard InChI is InChI=1S/C23H28N4O3S/c1-15-16(2)31-20-19(15)22(29)27(14-24-20)13-23(30)8-10-26(11-9-23)21(28)17-6-5-7-18(12-17)25(3)4/h5-7,12,14,30H,8-11,13H2,1-4H3. The molecular formula is C23H28N4O3S. The van der Waals surface area contributed by atoms with Gasteiger partial charge in [-0.2, -0.15) is 0 Å². The predicted octanol–water partition coefficient (Wildman–Crippen LogP) is 2.81. The smallest absolute Gasteiger partial charge is 0.262 e. The summed E-state index contributed by atoms with van der Waals surface area (Å²) in [6.45, 7) is 5.00. The number of fused-ring (bicyclic) bond motifs is 1. The average molecular weight is 441 g/mol. The van der Waals surface area contributed by atoms with Crippen molar-refractivity contribution in [3.63, 3.8) is 0 Å².